The van der Waals surface area contributed by atoms with E-state index >= 15 is 0 Å². The predicted octanol–water partition coefficient (Wildman–Crippen LogP) is 2.72. The summed E-state index contributed by atoms with van der Waals surface area (Å²) in [7, 11) is 0. The molecule has 0 saturated carbocycles. The number of thiophene rings is 1. The molecule has 0 spiro atoms. The number of aromatic nitrogens is 3. The minimum Gasteiger partial charge on any atom is -0.443 e. The Balaban J connectivity index is 2.41. The van der Waals surface area contributed by atoms with Crippen molar-refractivity contribution in [2.75, 3.05) is 0 Å². The highest BCUT2D eigenvalue weighted by molar-refractivity contribution is 7.11. The molecule has 7 heteroatoms. The third-order valence-corrected chi connectivity index (χ3v) is 3.50. The first-order valence-corrected chi connectivity index (χ1v) is 7.24. The minimum atomic E-state index is -0.741. The molecule has 112 valence electrons. The zero-order valence-corrected chi connectivity index (χ0v) is 13.2. The molecule has 0 N–H and O–H groups in total. The molecule has 0 aromatic carbocycles. The van der Waals surface area contributed by atoms with Gasteiger partial charge >= 0.3 is 11.8 Å². The first-order valence-electron chi connectivity index (χ1n) is 6.36. The van der Waals surface area contributed by atoms with Crippen LogP contribution in [0.4, 0.5) is 4.79 Å². The molecule has 6 nitrogen and oxygen atoms in total. The van der Waals surface area contributed by atoms with Crippen molar-refractivity contribution in [3.8, 4) is 0 Å². The van der Waals surface area contributed by atoms with Crippen LogP contribution in [-0.2, 0) is 4.74 Å². The highest BCUT2D eigenvalue weighted by Gasteiger charge is 2.24. The molecule has 2 heterocycles. The van der Waals surface area contributed by atoms with Crippen molar-refractivity contribution >= 4 is 23.1 Å². The van der Waals surface area contributed by atoms with Gasteiger partial charge in [-0.2, -0.15) is 9.25 Å². The number of aryl methyl sites for hydroxylation is 1. The van der Waals surface area contributed by atoms with Gasteiger partial charge in [0.1, 0.15) is 11.4 Å². The van der Waals surface area contributed by atoms with Crippen molar-refractivity contribution < 1.29 is 9.53 Å². The Kier molecular flexibility index (Phi) is 3.87. The van der Waals surface area contributed by atoms with E-state index in [1.807, 2.05) is 17.5 Å². The standard InChI is InChI=1S/C14H17N3O3S/c1-9(11-7-6-8-21-11)17-12(18)16(10(2)15-17)13(19)20-14(3,4)5/h6-8H,1H2,2-5H3. The van der Waals surface area contributed by atoms with Crippen molar-refractivity contribution in [3.05, 3.63) is 45.3 Å². The SMILES string of the molecule is C=C(c1cccs1)n1nc(C)n(C(=O)OC(C)(C)C)c1=O. The maximum atomic E-state index is 12.4. The van der Waals surface area contributed by atoms with Gasteiger partial charge in [-0.25, -0.2) is 9.59 Å². The van der Waals surface area contributed by atoms with Crippen LogP contribution >= 0.6 is 11.3 Å². The van der Waals surface area contributed by atoms with Crippen molar-refractivity contribution in [1.29, 1.82) is 0 Å². The van der Waals surface area contributed by atoms with E-state index in [0.717, 1.165) is 14.1 Å². The van der Waals surface area contributed by atoms with E-state index in [1.165, 1.54) is 11.3 Å². The van der Waals surface area contributed by atoms with Gasteiger partial charge in [-0.1, -0.05) is 12.6 Å². The lowest BCUT2D eigenvalue weighted by atomic mass is 10.2. The largest absolute Gasteiger partial charge is 0.443 e. The fourth-order valence-corrected chi connectivity index (χ4v) is 2.39. The highest BCUT2D eigenvalue weighted by Crippen LogP contribution is 2.18. The molecule has 0 fully saturated rings. The van der Waals surface area contributed by atoms with Gasteiger partial charge in [0, 0.05) is 0 Å². The van der Waals surface area contributed by atoms with Crippen LogP contribution in [0.2, 0.25) is 0 Å². The topological polar surface area (TPSA) is 66.1 Å². The number of rotatable bonds is 2. The minimum absolute atomic E-state index is 0.256. The summed E-state index contributed by atoms with van der Waals surface area (Å²) in [5.41, 5.74) is -0.837. The van der Waals surface area contributed by atoms with Crippen LogP contribution in [0.3, 0.4) is 0 Å². The average molecular weight is 307 g/mol. The molecule has 0 amide bonds. The first kappa shape index (κ1) is 15.2. The average Bonchev–Trinajstić information content (AvgIpc) is 2.94. The Morgan fingerprint density at radius 3 is 2.62 bits per heavy atom. The van der Waals surface area contributed by atoms with Gasteiger partial charge in [0.05, 0.1) is 10.6 Å². The molecular formula is C14H17N3O3S. The van der Waals surface area contributed by atoms with E-state index in [2.05, 4.69) is 11.7 Å². The van der Waals surface area contributed by atoms with Gasteiger partial charge in [0.15, 0.2) is 0 Å². The molecule has 0 aliphatic heterocycles. The predicted molar refractivity (Wildman–Crippen MR) is 81.6 cm³/mol. The fourth-order valence-electron chi connectivity index (χ4n) is 1.71. The molecule has 0 saturated heterocycles. The van der Waals surface area contributed by atoms with Crippen LogP contribution < -0.4 is 5.69 Å². The summed E-state index contributed by atoms with van der Waals surface area (Å²) in [4.78, 5) is 25.3. The number of carbonyl (C=O) groups excluding carboxylic acids is 1. The Morgan fingerprint density at radius 2 is 2.10 bits per heavy atom. The van der Waals surface area contributed by atoms with Crippen LogP contribution in [0.1, 0.15) is 31.5 Å². The summed E-state index contributed by atoms with van der Waals surface area (Å²) in [5, 5.41) is 5.97. The second-order valence-electron chi connectivity index (χ2n) is 5.48. The quantitative estimate of drug-likeness (QED) is 0.855. The molecule has 0 aliphatic rings. The number of ether oxygens (including phenoxy) is 1. The van der Waals surface area contributed by atoms with Gasteiger partial charge in [0.2, 0.25) is 0 Å². The molecule has 2 aromatic heterocycles. The van der Waals surface area contributed by atoms with Crippen molar-refractivity contribution in [3.63, 3.8) is 0 Å². The van der Waals surface area contributed by atoms with Gasteiger partial charge < -0.3 is 4.74 Å². The normalized spacial score (nSPS) is 11.4. The Morgan fingerprint density at radius 1 is 1.43 bits per heavy atom. The lowest BCUT2D eigenvalue weighted by Crippen LogP contribution is -2.35. The third kappa shape index (κ3) is 3.13. The second kappa shape index (κ2) is 5.33. The Labute approximate surface area is 126 Å². The number of nitrogens with zero attached hydrogens (tertiary/aromatic N) is 3. The van der Waals surface area contributed by atoms with Crippen LogP contribution in [0.25, 0.3) is 5.70 Å². The second-order valence-corrected chi connectivity index (χ2v) is 6.43. The molecular weight excluding hydrogens is 290 g/mol. The molecule has 0 radical (unpaired) electrons. The lowest BCUT2D eigenvalue weighted by molar-refractivity contribution is 0.0527. The molecule has 0 atom stereocenters. The summed E-state index contributed by atoms with van der Waals surface area (Å²) in [5.74, 6) is 0.256. The zero-order valence-electron chi connectivity index (χ0n) is 12.4. The molecule has 21 heavy (non-hydrogen) atoms. The van der Waals surface area contributed by atoms with Crippen LogP contribution in [0, 0.1) is 6.92 Å². The molecule has 0 bridgehead atoms. The van der Waals surface area contributed by atoms with E-state index in [0.29, 0.717) is 5.70 Å². The van der Waals surface area contributed by atoms with E-state index in [4.69, 9.17) is 4.74 Å². The number of hydrogen-bond donors (Lipinski definition) is 0. The van der Waals surface area contributed by atoms with Gasteiger partial charge in [0.25, 0.3) is 0 Å². The van der Waals surface area contributed by atoms with E-state index < -0.39 is 17.4 Å². The van der Waals surface area contributed by atoms with Crippen molar-refractivity contribution in [1.82, 2.24) is 14.3 Å². The van der Waals surface area contributed by atoms with Crippen LogP contribution in [0.5, 0.6) is 0 Å². The Hall–Kier alpha value is -2.15. The summed E-state index contributed by atoms with van der Waals surface area (Å²) in [6.45, 7) is 10.6. The smallest absolute Gasteiger partial charge is 0.424 e. The van der Waals surface area contributed by atoms with Gasteiger partial charge in [-0.05, 0) is 39.1 Å². The van der Waals surface area contributed by atoms with Crippen molar-refractivity contribution in [2.24, 2.45) is 0 Å². The summed E-state index contributed by atoms with van der Waals surface area (Å²) in [6, 6.07) is 3.69. The van der Waals surface area contributed by atoms with Gasteiger partial charge in [-0.15, -0.1) is 16.4 Å². The lowest BCUT2D eigenvalue weighted by Gasteiger charge is -2.19. The monoisotopic (exact) mass is 307 g/mol. The summed E-state index contributed by atoms with van der Waals surface area (Å²) in [6.07, 6.45) is -0.741. The van der Waals surface area contributed by atoms with Gasteiger partial charge in [-0.3, -0.25) is 0 Å². The van der Waals surface area contributed by atoms with Crippen LogP contribution in [-0.4, -0.2) is 26.0 Å². The van der Waals surface area contributed by atoms with E-state index in [1.54, 1.807) is 27.7 Å². The van der Waals surface area contributed by atoms with E-state index in [-0.39, 0.29) is 5.82 Å². The summed E-state index contributed by atoms with van der Waals surface area (Å²) >= 11 is 1.44. The highest BCUT2D eigenvalue weighted by atomic mass is 32.1. The fraction of sp³-hybridized carbons (Fsp3) is 0.357. The maximum Gasteiger partial charge on any atom is 0.424 e. The van der Waals surface area contributed by atoms with E-state index in [9.17, 15) is 9.59 Å². The summed E-state index contributed by atoms with van der Waals surface area (Å²) < 4.78 is 7.24. The molecule has 0 unspecified atom stereocenters. The van der Waals surface area contributed by atoms with Crippen molar-refractivity contribution in [2.45, 2.75) is 33.3 Å². The number of hydrogen-bond acceptors (Lipinski definition) is 5. The first-order chi connectivity index (χ1) is 9.70. The maximum absolute atomic E-state index is 12.4. The molecule has 2 aromatic rings. The third-order valence-electron chi connectivity index (χ3n) is 2.58. The Bertz CT molecular complexity index is 733. The molecule has 0 aliphatic carbocycles. The molecule has 2 rings (SSSR count). The zero-order chi connectivity index (χ0) is 15.8. The number of carbonyl (C=O) groups is 1. The van der Waals surface area contributed by atoms with Crippen LogP contribution in [0.15, 0.2) is 28.9 Å².